The monoisotopic (exact) mass is 1220 g/mol. The second kappa shape index (κ2) is 36.7. The largest absolute Gasteiger partial charge is 0.478 e. The number of ether oxygens (including phenoxy) is 1. The van der Waals surface area contributed by atoms with Crippen LogP contribution < -0.4 is 5.32 Å². The molecular formula is C49H48Cl3F12N3O11S. The van der Waals surface area contributed by atoms with Crippen LogP contribution in [0, 0.1) is 52.4 Å². The Labute approximate surface area is 459 Å². The second-order valence-electron chi connectivity index (χ2n) is 16.5. The van der Waals surface area contributed by atoms with Gasteiger partial charge in [0.05, 0.1) is 0 Å². The highest BCUT2D eigenvalue weighted by Crippen LogP contribution is 2.18. The lowest BCUT2D eigenvalue weighted by Gasteiger charge is -2.29. The average Bonchev–Trinajstić information content (AvgIpc) is 3.35. The van der Waals surface area contributed by atoms with Crippen LogP contribution in [-0.4, -0.2) is 117 Å². The molecule has 0 unspecified atom stereocenters. The van der Waals surface area contributed by atoms with Crippen molar-refractivity contribution < 1.29 is 105 Å². The number of nitrogens with zero attached hydrogens (tertiary/aromatic N) is 2. The first kappa shape index (κ1) is 72.6. The van der Waals surface area contributed by atoms with Gasteiger partial charge in [0.1, 0.15) is 23.0 Å². The molecule has 2 N–H and O–H groups in total. The molecular weight excluding hydrogens is 1170 g/mol. The molecule has 3 saturated heterocycles. The Morgan fingerprint density at radius 3 is 1.14 bits per heavy atom. The number of likely N-dealkylation sites (tertiary alicyclic amines) is 2. The Hall–Kier alpha value is -6.42. The highest BCUT2D eigenvalue weighted by molar-refractivity contribution is 8.26. The van der Waals surface area contributed by atoms with Crippen molar-refractivity contribution in [1.82, 2.24) is 15.1 Å². The maximum absolute atomic E-state index is 13.0. The molecule has 3 aliphatic heterocycles. The number of nitrogens with one attached hydrogen (secondary N) is 1. The van der Waals surface area contributed by atoms with E-state index in [2.05, 4.69) is 26.7 Å². The number of aliphatic carboxylic acids is 1. The molecule has 3 heterocycles. The first-order valence-corrected chi connectivity index (χ1v) is 25.4. The molecule has 0 atom stereocenters. The number of carboxylic acid groups (broad SMARTS) is 1. The molecule has 0 aliphatic carbocycles. The number of benzene rings is 3. The summed E-state index contributed by atoms with van der Waals surface area (Å²) in [7, 11) is 7.36. The number of halogens is 15. The molecule has 0 saturated carbocycles. The number of hydrogen-bond acceptors (Lipinski definition) is 11. The molecule has 6 rings (SSSR count). The number of carbonyl (C=O) groups is 8. The van der Waals surface area contributed by atoms with E-state index in [1.165, 1.54) is 11.0 Å². The van der Waals surface area contributed by atoms with E-state index >= 15 is 0 Å². The molecule has 0 bridgehead atoms. The summed E-state index contributed by atoms with van der Waals surface area (Å²) in [6, 6.07) is 4.54. The molecule has 3 fully saturated rings. The third kappa shape index (κ3) is 34.3. The van der Waals surface area contributed by atoms with E-state index < -0.39 is 90.9 Å². The first-order valence-electron chi connectivity index (χ1n) is 22.3. The van der Waals surface area contributed by atoms with Gasteiger partial charge in [0.25, 0.3) is 0 Å². The number of aldehydes is 1. The molecule has 0 spiro atoms. The van der Waals surface area contributed by atoms with Crippen LogP contribution in [0.25, 0.3) is 18.2 Å². The van der Waals surface area contributed by atoms with E-state index in [-0.39, 0.29) is 40.3 Å². The Morgan fingerprint density at radius 1 is 0.582 bits per heavy atom. The minimum Gasteiger partial charge on any atom is -0.478 e. The average molecular weight is 1220 g/mol. The minimum atomic E-state index is -4.64. The van der Waals surface area contributed by atoms with Crippen molar-refractivity contribution in [3.63, 3.8) is 0 Å². The van der Waals surface area contributed by atoms with Crippen LogP contribution in [-0.2, 0) is 47.5 Å². The SMILES string of the molecule is CC(C)(C)OC(=O)N1CCC(=O)CC1.O=C(Cl)/C=C/c1cc(F)c(F)c(F)c1.O=C(O)/C=C/c1cc(F)c(F)c(F)c1.O=C1CCN(C(=O)/C=C/c2cc(F)c(F)c(F)c2)CC1.O=C1CCNCC1.O=CC(F)(F)F.O=S(Cl)Cl. The van der Waals surface area contributed by atoms with Crippen LogP contribution in [0.5, 0.6) is 0 Å². The van der Waals surface area contributed by atoms with Crippen molar-refractivity contribution in [3.05, 3.63) is 124 Å². The zero-order valence-corrected chi connectivity index (χ0v) is 44.6. The van der Waals surface area contributed by atoms with Crippen molar-refractivity contribution in [2.24, 2.45) is 0 Å². The summed E-state index contributed by atoms with van der Waals surface area (Å²) in [4.78, 5) is 87.8. The van der Waals surface area contributed by atoms with Gasteiger partial charge in [-0.3, -0.25) is 28.8 Å². The number of ketones is 3. The van der Waals surface area contributed by atoms with Gasteiger partial charge < -0.3 is 25.0 Å². The van der Waals surface area contributed by atoms with Gasteiger partial charge in [-0.05, 0) is 110 Å². The molecule has 79 heavy (non-hydrogen) atoms. The first-order chi connectivity index (χ1) is 36.5. The molecule has 3 aromatic carbocycles. The number of piperidine rings is 3. The smallest absolute Gasteiger partial charge is 0.446 e. The van der Waals surface area contributed by atoms with Gasteiger partial charge in [-0.15, -0.1) is 0 Å². The van der Waals surface area contributed by atoms with Gasteiger partial charge in [-0.2, -0.15) is 13.2 Å². The molecule has 436 valence electrons. The number of allylic oxidation sites excluding steroid dienone is 1. The van der Waals surface area contributed by atoms with E-state index in [0.29, 0.717) is 75.9 Å². The molecule has 30 heteroatoms. The highest BCUT2D eigenvalue weighted by atomic mass is 36.0. The zero-order valence-electron chi connectivity index (χ0n) is 41.5. The number of rotatable bonds is 6. The molecule has 0 aromatic heterocycles. The number of alkyl halides is 3. The van der Waals surface area contributed by atoms with Gasteiger partial charge in [-0.25, -0.2) is 53.3 Å². The van der Waals surface area contributed by atoms with Crippen molar-refractivity contribution in [2.75, 3.05) is 39.3 Å². The van der Waals surface area contributed by atoms with Crippen molar-refractivity contribution in [2.45, 2.75) is 71.1 Å². The lowest BCUT2D eigenvalue weighted by atomic mass is 10.1. The Kier molecular flexibility index (Phi) is 33.7. The standard InChI is InChI=1S/C14H12F3NO2.C10H17NO3.C9H4ClF3O.C9H5F3O2.C5H9NO.C2HF3O.Cl2OS/c15-11-7-9(8-12(16)14(11)17)1-2-13(20)18-5-3-10(19)4-6-18;1-10(2,3)14-9(13)11-6-4-8(12)5-7-11;10-8(14)2-1-5-3-6(11)9(13)7(12)4-5;10-6-3-5(1-2-8(13)14)4-7(11)9(6)12;7-5-1-3-6-4-2-5;3-2(4,5)1-6;1-4(2)3/h1-2,7-8H,3-6H2;4-7H2,1-3H3;1-4H;1-4H,(H,13,14);6H,1-4H2;1H;/b2-1+;;2*2-1+;;;. The fraction of sp³-hybridized carbons (Fsp3) is 0.347. The van der Waals surface area contributed by atoms with Gasteiger partial charge >= 0.3 is 18.2 Å². The summed E-state index contributed by atoms with van der Waals surface area (Å²) in [5.74, 6) is -13.5. The number of carboxylic acids is 1. The van der Waals surface area contributed by atoms with E-state index in [1.807, 2.05) is 20.8 Å². The lowest BCUT2D eigenvalue weighted by molar-refractivity contribution is -0.156. The summed E-state index contributed by atoms with van der Waals surface area (Å²) < 4.78 is 159. The summed E-state index contributed by atoms with van der Waals surface area (Å²) in [6.07, 6.45) is 3.04. The Balaban J connectivity index is 0.000000942. The Bertz CT molecular complexity index is 2550. The summed E-state index contributed by atoms with van der Waals surface area (Å²) in [5.41, 5.74) is -0.430. The summed E-state index contributed by atoms with van der Waals surface area (Å²) in [5, 5.41) is 10.5. The third-order valence-electron chi connectivity index (χ3n) is 9.16. The van der Waals surface area contributed by atoms with Crippen molar-refractivity contribution >= 4 is 107 Å². The molecule has 14 nitrogen and oxygen atoms in total. The van der Waals surface area contributed by atoms with Gasteiger partial charge in [0, 0.05) is 111 Å². The molecule has 2 amide bonds. The lowest BCUT2D eigenvalue weighted by Crippen LogP contribution is -2.41. The number of amides is 2. The van der Waals surface area contributed by atoms with Crippen LogP contribution >= 0.6 is 33.0 Å². The minimum absolute atomic E-state index is 0.0235. The van der Waals surface area contributed by atoms with E-state index in [9.17, 15) is 86.2 Å². The predicted octanol–water partition coefficient (Wildman–Crippen LogP) is 10.7. The van der Waals surface area contributed by atoms with E-state index in [4.69, 9.17) is 30.4 Å². The quantitative estimate of drug-likeness (QED) is 0.0779. The predicted molar refractivity (Wildman–Crippen MR) is 266 cm³/mol. The van der Waals surface area contributed by atoms with Crippen LogP contribution in [0.2, 0.25) is 0 Å². The second-order valence-corrected chi connectivity index (χ2v) is 19.4. The maximum Gasteiger partial charge on any atom is 0.446 e. The van der Waals surface area contributed by atoms with Crippen LogP contribution in [0.15, 0.2) is 54.6 Å². The van der Waals surface area contributed by atoms with E-state index in [0.717, 1.165) is 74.5 Å². The van der Waals surface area contributed by atoms with E-state index in [1.54, 1.807) is 4.90 Å². The fourth-order valence-electron chi connectivity index (χ4n) is 5.56. The number of hydrogen-bond donors (Lipinski definition) is 2. The summed E-state index contributed by atoms with van der Waals surface area (Å²) >= 11 is 4.95. The maximum atomic E-state index is 13.0. The third-order valence-corrected chi connectivity index (χ3v) is 9.29. The fourth-order valence-corrected chi connectivity index (χ4v) is 5.63. The normalized spacial score (nSPS) is 14.4. The van der Waals surface area contributed by atoms with Crippen LogP contribution in [0.4, 0.5) is 57.5 Å². The zero-order chi connectivity index (χ0) is 60.8. The van der Waals surface area contributed by atoms with Crippen LogP contribution in [0.1, 0.15) is 76.0 Å². The van der Waals surface area contributed by atoms with Crippen LogP contribution in [0.3, 0.4) is 0 Å². The van der Waals surface area contributed by atoms with Gasteiger partial charge in [0.15, 0.2) is 52.4 Å². The molecule has 3 aliphatic rings. The molecule has 0 radical (unpaired) electrons. The van der Waals surface area contributed by atoms with Crippen molar-refractivity contribution in [1.29, 1.82) is 0 Å². The number of Topliss-reactive ketones (excluding diaryl/α,β-unsaturated/α-hetero) is 3. The highest BCUT2D eigenvalue weighted by Gasteiger charge is 2.26. The number of carbonyl (C=O) groups excluding carboxylic acids is 7. The van der Waals surface area contributed by atoms with Crippen molar-refractivity contribution in [3.8, 4) is 0 Å². The van der Waals surface area contributed by atoms with Gasteiger partial charge in [-0.1, -0.05) is 0 Å². The summed E-state index contributed by atoms with van der Waals surface area (Å²) in [6.45, 7) is 8.95. The Morgan fingerprint density at radius 2 is 0.873 bits per heavy atom. The topological polar surface area (TPSA) is 202 Å². The molecule has 3 aromatic rings. The van der Waals surface area contributed by atoms with Gasteiger partial charge in [0.2, 0.25) is 26.7 Å².